The first-order valence-corrected chi connectivity index (χ1v) is 11.9. The summed E-state index contributed by atoms with van der Waals surface area (Å²) in [6, 6.07) is 17.1. The molecule has 0 spiro atoms. The lowest BCUT2D eigenvalue weighted by molar-refractivity contribution is -0.122. The minimum Gasteiger partial charge on any atom is -0.493 e. The first-order valence-electron chi connectivity index (χ1n) is 9.97. The van der Waals surface area contributed by atoms with Crippen molar-refractivity contribution in [1.29, 1.82) is 0 Å². The fourth-order valence-electron chi connectivity index (χ4n) is 3.16. The van der Waals surface area contributed by atoms with Gasteiger partial charge >= 0.3 is 0 Å². The zero-order valence-electron chi connectivity index (χ0n) is 17.6. The van der Waals surface area contributed by atoms with E-state index < -0.39 is 0 Å². The fourth-order valence-corrected chi connectivity index (χ4v) is 4.94. The van der Waals surface area contributed by atoms with Gasteiger partial charge in [0.05, 0.1) is 40.7 Å². The van der Waals surface area contributed by atoms with Crippen LogP contribution in [0.3, 0.4) is 0 Å². The lowest BCUT2D eigenvalue weighted by Crippen LogP contribution is -2.28. The van der Waals surface area contributed by atoms with Crippen molar-refractivity contribution in [1.82, 2.24) is 4.90 Å². The Labute approximate surface area is 204 Å². The molecule has 1 fully saturated rings. The van der Waals surface area contributed by atoms with Gasteiger partial charge in [0.2, 0.25) is 0 Å². The molecule has 6 nitrogen and oxygen atoms in total. The molecule has 0 aliphatic carbocycles. The Morgan fingerprint density at radius 2 is 2.00 bits per heavy atom. The van der Waals surface area contributed by atoms with Crippen LogP contribution in [-0.2, 0) is 11.3 Å². The number of rotatable bonds is 7. The predicted octanol–water partition coefficient (Wildman–Crippen LogP) is 6.10. The largest absolute Gasteiger partial charge is 0.493 e. The standard InChI is InChI=1S/C24H21IN2O4S/c1-3-30-22-19(25)12-16(13-20(22)29-2)14-21-23(28)27(15-18-10-7-11-31-18)24(32-21)26-17-8-5-4-6-9-17/h4-14H,3,15H2,1-2H3/b21-14-,26-24?. The van der Waals surface area contributed by atoms with Crippen LogP contribution in [0.15, 0.2) is 75.2 Å². The molecule has 0 radical (unpaired) electrons. The second kappa shape index (κ2) is 10.3. The number of carbonyl (C=O) groups is 1. The van der Waals surface area contributed by atoms with Gasteiger partial charge < -0.3 is 13.9 Å². The topological polar surface area (TPSA) is 64.3 Å². The van der Waals surface area contributed by atoms with Crippen LogP contribution in [0, 0.1) is 3.57 Å². The van der Waals surface area contributed by atoms with Gasteiger partial charge in [-0.3, -0.25) is 9.69 Å². The van der Waals surface area contributed by atoms with Crippen molar-refractivity contribution in [3.8, 4) is 11.5 Å². The van der Waals surface area contributed by atoms with Crippen LogP contribution in [0.25, 0.3) is 6.08 Å². The highest BCUT2D eigenvalue weighted by Crippen LogP contribution is 2.38. The minimum atomic E-state index is -0.121. The number of para-hydroxylation sites is 1. The number of amidine groups is 1. The zero-order valence-corrected chi connectivity index (χ0v) is 20.6. The number of nitrogens with zero attached hydrogens (tertiary/aromatic N) is 2. The van der Waals surface area contributed by atoms with Gasteiger partial charge in [0.25, 0.3) is 5.91 Å². The molecule has 1 aliphatic rings. The monoisotopic (exact) mass is 560 g/mol. The number of amides is 1. The van der Waals surface area contributed by atoms with E-state index in [1.807, 2.05) is 67.6 Å². The number of halogens is 1. The van der Waals surface area contributed by atoms with Gasteiger partial charge in [-0.25, -0.2) is 4.99 Å². The normalized spacial score (nSPS) is 16.2. The summed E-state index contributed by atoms with van der Waals surface area (Å²) in [4.78, 5) is 20.2. The number of thioether (sulfide) groups is 1. The first-order chi connectivity index (χ1) is 15.6. The molecule has 32 heavy (non-hydrogen) atoms. The number of furan rings is 1. The molecular formula is C24H21IN2O4S. The summed E-state index contributed by atoms with van der Waals surface area (Å²) in [7, 11) is 1.61. The third-order valence-corrected chi connectivity index (χ3v) is 6.41. The molecule has 3 aromatic rings. The van der Waals surface area contributed by atoms with E-state index in [0.717, 1.165) is 14.8 Å². The molecule has 1 amide bonds. The highest BCUT2D eigenvalue weighted by atomic mass is 127. The molecule has 0 atom stereocenters. The molecule has 0 unspecified atom stereocenters. The molecular weight excluding hydrogens is 539 g/mol. The fraction of sp³-hybridized carbons (Fsp3) is 0.167. The van der Waals surface area contributed by atoms with Crippen molar-refractivity contribution in [2.24, 2.45) is 4.99 Å². The second-order valence-corrected chi connectivity index (χ2v) is 8.95. The Bertz CT molecular complexity index is 1160. The number of carbonyl (C=O) groups excluding carboxylic acids is 1. The van der Waals surface area contributed by atoms with Crippen molar-refractivity contribution >= 4 is 57.2 Å². The van der Waals surface area contributed by atoms with Gasteiger partial charge in [-0.1, -0.05) is 18.2 Å². The average molecular weight is 560 g/mol. The number of benzene rings is 2. The lowest BCUT2D eigenvalue weighted by atomic mass is 10.2. The maximum absolute atomic E-state index is 13.3. The quantitative estimate of drug-likeness (QED) is 0.258. The molecule has 1 aromatic heterocycles. The number of aliphatic imine (C=N–C) groups is 1. The molecule has 0 saturated carbocycles. The van der Waals surface area contributed by atoms with Crippen LogP contribution in [0.2, 0.25) is 0 Å². The SMILES string of the molecule is CCOc1c(I)cc(/C=C2\SC(=Nc3ccccc3)N(Cc3ccco3)C2=O)cc1OC. The average Bonchev–Trinajstić information content (AvgIpc) is 3.40. The smallest absolute Gasteiger partial charge is 0.267 e. The Morgan fingerprint density at radius 1 is 1.19 bits per heavy atom. The second-order valence-electron chi connectivity index (χ2n) is 6.78. The summed E-state index contributed by atoms with van der Waals surface area (Å²) in [5, 5.41) is 0.608. The van der Waals surface area contributed by atoms with Gasteiger partial charge in [-0.15, -0.1) is 0 Å². The van der Waals surface area contributed by atoms with Crippen LogP contribution in [0.4, 0.5) is 5.69 Å². The van der Waals surface area contributed by atoms with E-state index in [1.165, 1.54) is 11.8 Å². The zero-order chi connectivity index (χ0) is 22.5. The van der Waals surface area contributed by atoms with Gasteiger partial charge in [0, 0.05) is 0 Å². The number of hydrogen-bond acceptors (Lipinski definition) is 6. The summed E-state index contributed by atoms with van der Waals surface area (Å²) >= 11 is 3.56. The van der Waals surface area contributed by atoms with Crippen LogP contribution < -0.4 is 9.47 Å². The Morgan fingerprint density at radius 3 is 2.69 bits per heavy atom. The Kier molecular flexibility index (Phi) is 7.21. The molecule has 0 bridgehead atoms. The van der Waals surface area contributed by atoms with E-state index in [9.17, 15) is 4.79 Å². The molecule has 2 aromatic carbocycles. The van der Waals surface area contributed by atoms with E-state index in [2.05, 4.69) is 22.6 Å². The van der Waals surface area contributed by atoms with Crippen LogP contribution in [0.5, 0.6) is 11.5 Å². The third kappa shape index (κ3) is 5.02. The molecule has 1 saturated heterocycles. The maximum atomic E-state index is 13.3. The predicted molar refractivity (Wildman–Crippen MR) is 135 cm³/mol. The number of ether oxygens (including phenoxy) is 2. The van der Waals surface area contributed by atoms with E-state index in [1.54, 1.807) is 18.3 Å². The van der Waals surface area contributed by atoms with Gasteiger partial charge in [0.1, 0.15) is 5.76 Å². The Balaban J connectivity index is 1.70. The Hall–Kier alpha value is -2.72. The van der Waals surface area contributed by atoms with Crippen molar-refractivity contribution in [3.05, 3.63) is 80.7 Å². The van der Waals surface area contributed by atoms with Crippen LogP contribution in [0.1, 0.15) is 18.2 Å². The summed E-state index contributed by atoms with van der Waals surface area (Å²) in [5.74, 6) is 1.91. The van der Waals surface area contributed by atoms with Gasteiger partial charge in [-0.2, -0.15) is 0 Å². The summed E-state index contributed by atoms with van der Waals surface area (Å²) in [6.45, 7) is 2.79. The van der Waals surface area contributed by atoms with E-state index >= 15 is 0 Å². The van der Waals surface area contributed by atoms with Crippen molar-refractivity contribution in [3.63, 3.8) is 0 Å². The van der Waals surface area contributed by atoms with E-state index in [0.29, 0.717) is 40.5 Å². The van der Waals surface area contributed by atoms with Crippen molar-refractivity contribution in [2.45, 2.75) is 13.5 Å². The molecule has 4 rings (SSSR count). The van der Waals surface area contributed by atoms with Crippen LogP contribution >= 0.6 is 34.4 Å². The van der Waals surface area contributed by atoms with Gasteiger partial charge in [-0.05, 0) is 89.3 Å². The number of hydrogen-bond donors (Lipinski definition) is 0. The molecule has 2 heterocycles. The third-order valence-electron chi connectivity index (χ3n) is 4.60. The first kappa shape index (κ1) is 22.5. The minimum absolute atomic E-state index is 0.121. The van der Waals surface area contributed by atoms with E-state index in [4.69, 9.17) is 18.9 Å². The summed E-state index contributed by atoms with van der Waals surface area (Å²) < 4.78 is 17.6. The van der Waals surface area contributed by atoms with Crippen molar-refractivity contribution in [2.75, 3.05) is 13.7 Å². The molecule has 1 aliphatic heterocycles. The highest BCUT2D eigenvalue weighted by molar-refractivity contribution is 14.1. The van der Waals surface area contributed by atoms with E-state index in [-0.39, 0.29) is 5.91 Å². The molecule has 0 N–H and O–H groups in total. The molecule has 164 valence electrons. The van der Waals surface area contributed by atoms with Gasteiger partial charge in [0.15, 0.2) is 16.7 Å². The number of methoxy groups -OCH3 is 1. The highest BCUT2D eigenvalue weighted by Gasteiger charge is 2.34. The molecule has 8 heteroatoms. The summed E-state index contributed by atoms with van der Waals surface area (Å²) in [6.07, 6.45) is 3.46. The maximum Gasteiger partial charge on any atom is 0.267 e. The lowest BCUT2D eigenvalue weighted by Gasteiger charge is -2.14. The van der Waals surface area contributed by atoms with Crippen molar-refractivity contribution < 1.29 is 18.7 Å². The van der Waals surface area contributed by atoms with Crippen LogP contribution in [-0.4, -0.2) is 29.7 Å². The summed E-state index contributed by atoms with van der Waals surface area (Å²) in [5.41, 5.74) is 1.63.